The Hall–Kier alpha value is -2.48. The monoisotopic (exact) mass is 320 g/mol. The van der Waals surface area contributed by atoms with Gasteiger partial charge in [-0.15, -0.1) is 0 Å². The van der Waals surface area contributed by atoms with Gasteiger partial charge in [0.25, 0.3) is 5.91 Å². The first-order chi connectivity index (χ1) is 11.2. The van der Waals surface area contributed by atoms with Crippen molar-refractivity contribution >= 4 is 5.91 Å². The number of ether oxygens (including phenoxy) is 2. The van der Waals surface area contributed by atoms with Crippen LogP contribution in [0.4, 0.5) is 4.39 Å². The second kappa shape index (κ2) is 6.74. The number of hydrogen-bond acceptors (Lipinski definition) is 5. The summed E-state index contributed by atoms with van der Waals surface area (Å²) in [4.78, 5) is 16.3. The van der Waals surface area contributed by atoms with E-state index in [9.17, 15) is 9.18 Å². The minimum Gasteiger partial charge on any atom is -0.494 e. The van der Waals surface area contributed by atoms with E-state index in [-0.39, 0.29) is 23.7 Å². The number of aromatic nitrogens is 3. The van der Waals surface area contributed by atoms with E-state index in [2.05, 4.69) is 20.5 Å². The molecule has 7 nitrogen and oxygen atoms in total. The number of aromatic amines is 1. The highest BCUT2D eigenvalue weighted by atomic mass is 19.1. The molecule has 1 fully saturated rings. The molecule has 0 unspecified atom stereocenters. The number of nitrogens with one attached hydrogen (secondary N) is 2. The fourth-order valence-corrected chi connectivity index (χ4v) is 2.62. The highest BCUT2D eigenvalue weighted by molar-refractivity contribution is 5.94. The summed E-state index contributed by atoms with van der Waals surface area (Å²) in [6.45, 7) is 1.04. The number of benzene rings is 1. The lowest BCUT2D eigenvalue weighted by molar-refractivity contribution is 0.0798. The lowest BCUT2D eigenvalue weighted by Gasteiger charge is -2.16. The molecule has 1 aliphatic rings. The third kappa shape index (κ3) is 3.31. The minimum atomic E-state index is -0.501. The molecule has 8 heteroatoms. The van der Waals surface area contributed by atoms with Crippen molar-refractivity contribution in [2.75, 3.05) is 20.3 Å². The van der Waals surface area contributed by atoms with Crippen molar-refractivity contribution in [3.05, 3.63) is 41.7 Å². The van der Waals surface area contributed by atoms with Gasteiger partial charge in [0.1, 0.15) is 12.4 Å². The lowest BCUT2D eigenvalue weighted by atomic mass is 10.0. The highest BCUT2D eigenvalue weighted by Gasteiger charge is 2.32. The summed E-state index contributed by atoms with van der Waals surface area (Å²) in [5.41, 5.74) is 0.346. The van der Waals surface area contributed by atoms with E-state index in [1.54, 1.807) is 0 Å². The van der Waals surface area contributed by atoms with E-state index in [4.69, 9.17) is 9.47 Å². The van der Waals surface area contributed by atoms with Crippen LogP contribution >= 0.6 is 0 Å². The van der Waals surface area contributed by atoms with Gasteiger partial charge in [0.2, 0.25) is 0 Å². The third-order valence-corrected chi connectivity index (χ3v) is 3.86. The molecule has 1 aliphatic heterocycles. The quantitative estimate of drug-likeness (QED) is 0.870. The van der Waals surface area contributed by atoms with Gasteiger partial charge in [-0.25, -0.2) is 9.37 Å². The predicted molar refractivity (Wildman–Crippen MR) is 78.5 cm³/mol. The van der Waals surface area contributed by atoms with E-state index in [0.717, 1.165) is 6.42 Å². The fraction of sp³-hybridized carbons (Fsp3) is 0.400. The minimum absolute atomic E-state index is 0.0430. The van der Waals surface area contributed by atoms with Crippen LogP contribution in [0.5, 0.6) is 5.75 Å². The largest absolute Gasteiger partial charge is 0.494 e. The van der Waals surface area contributed by atoms with Crippen molar-refractivity contribution < 1.29 is 18.7 Å². The Balaban J connectivity index is 1.62. The standard InChI is InChI=1S/C15H17FN4O3/c1-22-12-6-9(2-3-11(12)16)15(21)17-7-10-4-5-23-13(10)14-18-8-19-20-14/h2-3,6,8,10,13H,4-5,7H2,1H3,(H,17,21)(H,18,19,20)/t10-,13-/m0/s1. The summed E-state index contributed by atoms with van der Waals surface area (Å²) in [5.74, 6) is 0.0194. The maximum atomic E-state index is 13.4. The van der Waals surface area contributed by atoms with Crippen molar-refractivity contribution in [1.82, 2.24) is 20.5 Å². The Morgan fingerprint density at radius 3 is 3.17 bits per heavy atom. The van der Waals surface area contributed by atoms with Crippen molar-refractivity contribution in [3.63, 3.8) is 0 Å². The zero-order chi connectivity index (χ0) is 16.2. The van der Waals surface area contributed by atoms with Crippen LogP contribution in [0.15, 0.2) is 24.5 Å². The average molecular weight is 320 g/mol. The molecule has 2 N–H and O–H groups in total. The number of carbonyl (C=O) groups is 1. The van der Waals surface area contributed by atoms with Gasteiger partial charge in [0, 0.05) is 24.6 Å². The number of halogens is 1. The molecule has 0 spiro atoms. The maximum absolute atomic E-state index is 13.4. The summed E-state index contributed by atoms with van der Waals surface area (Å²) >= 11 is 0. The van der Waals surface area contributed by atoms with Crippen molar-refractivity contribution in [2.24, 2.45) is 5.92 Å². The van der Waals surface area contributed by atoms with Gasteiger partial charge in [-0.05, 0) is 24.6 Å². The first-order valence-electron chi connectivity index (χ1n) is 7.27. The SMILES string of the molecule is COc1cc(C(=O)NC[C@@H]2CCO[C@@H]2c2ncn[nH]2)ccc1F. The van der Waals surface area contributed by atoms with Crippen LogP contribution < -0.4 is 10.1 Å². The molecular weight excluding hydrogens is 303 g/mol. The number of hydrogen-bond donors (Lipinski definition) is 2. The van der Waals surface area contributed by atoms with E-state index >= 15 is 0 Å². The van der Waals surface area contributed by atoms with Crippen molar-refractivity contribution in [3.8, 4) is 5.75 Å². The van der Waals surface area contributed by atoms with Crippen LogP contribution in [0.3, 0.4) is 0 Å². The number of carbonyl (C=O) groups excluding carboxylic acids is 1. The summed E-state index contributed by atoms with van der Waals surface area (Å²) in [7, 11) is 1.36. The molecule has 0 saturated carbocycles. The highest BCUT2D eigenvalue weighted by Crippen LogP contribution is 2.31. The number of nitrogens with zero attached hydrogens (tertiary/aromatic N) is 2. The Morgan fingerprint density at radius 2 is 2.43 bits per heavy atom. The van der Waals surface area contributed by atoms with Gasteiger partial charge < -0.3 is 14.8 Å². The van der Waals surface area contributed by atoms with Crippen LogP contribution in [0.25, 0.3) is 0 Å². The summed E-state index contributed by atoms with van der Waals surface area (Å²) in [6, 6.07) is 4.01. The van der Waals surface area contributed by atoms with E-state index < -0.39 is 5.82 Å². The molecule has 1 aromatic heterocycles. The third-order valence-electron chi connectivity index (χ3n) is 3.86. The van der Waals surface area contributed by atoms with Crippen LogP contribution in [0.2, 0.25) is 0 Å². The van der Waals surface area contributed by atoms with Gasteiger partial charge in [-0.3, -0.25) is 9.89 Å². The Bertz CT molecular complexity index is 677. The molecule has 0 bridgehead atoms. The normalized spacial score (nSPS) is 20.4. The molecule has 2 aromatic rings. The molecule has 0 radical (unpaired) electrons. The van der Waals surface area contributed by atoms with Crippen molar-refractivity contribution in [2.45, 2.75) is 12.5 Å². The van der Waals surface area contributed by atoms with Gasteiger partial charge in [0.15, 0.2) is 17.4 Å². The topological polar surface area (TPSA) is 89.1 Å². The molecule has 3 rings (SSSR count). The average Bonchev–Trinajstić information content (AvgIpc) is 3.23. The number of methoxy groups -OCH3 is 1. The number of H-pyrrole nitrogens is 1. The summed E-state index contributed by atoms with van der Waals surface area (Å²) in [6.07, 6.45) is 2.04. The van der Waals surface area contributed by atoms with Crippen LogP contribution in [-0.2, 0) is 4.74 Å². The predicted octanol–water partition coefficient (Wildman–Crippen LogP) is 1.46. The van der Waals surface area contributed by atoms with Crippen LogP contribution in [0.1, 0.15) is 28.7 Å². The Labute approximate surface area is 132 Å². The molecule has 23 heavy (non-hydrogen) atoms. The number of amides is 1. The Morgan fingerprint density at radius 1 is 1.57 bits per heavy atom. The second-order valence-corrected chi connectivity index (χ2v) is 5.27. The van der Waals surface area contributed by atoms with Crippen molar-refractivity contribution in [1.29, 1.82) is 0 Å². The lowest BCUT2D eigenvalue weighted by Crippen LogP contribution is -2.30. The smallest absolute Gasteiger partial charge is 0.251 e. The molecule has 0 aliphatic carbocycles. The Kier molecular flexibility index (Phi) is 4.52. The first kappa shape index (κ1) is 15.4. The van der Waals surface area contributed by atoms with Gasteiger partial charge in [0.05, 0.1) is 7.11 Å². The van der Waals surface area contributed by atoms with E-state index in [0.29, 0.717) is 24.5 Å². The van der Waals surface area contributed by atoms with Crippen LogP contribution in [-0.4, -0.2) is 41.3 Å². The number of rotatable bonds is 5. The molecule has 122 valence electrons. The first-order valence-corrected chi connectivity index (χ1v) is 7.27. The maximum Gasteiger partial charge on any atom is 0.251 e. The molecular formula is C15H17FN4O3. The van der Waals surface area contributed by atoms with Gasteiger partial charge in [-0.1, -0.05) is 0 Å². The van der Waals surface area contributed by atoms with Crippen LogP contribution in [0, 0.1) is 11.7 Å². The molecule has 1 amide bonds. The molecule has 1 aromatic carbocycles. The fourth-order valence-electron chi connectivity index (χ4n) is 2.62. The summed E-state index contributed by atoms with van der Waals surface area (Å²) in [5, 5.41) is 9.46. The molecule has 1 saturated heterocycles. The van der Waals surface area contributed by atoms with Gasteiger partial charge >= 0.3 is 0 Å². The van der Waals surface area contributed by atoms with E-state index in [1.165, 1.54) is 31.6 Å². The second-order valence-electron chi connectivity index (χ2n) is 5.27. The summed E-state index contributed by atoms with van der Waals surface area (Å²) < 4.78 is 23.9. The van der Waals surface area contributed by atoms with E-state index in [1.807, 2.05) is 0 Å². The molecule has 2 heterocycles. The zero-order valence-electron chi connectivity index (χ0n) is 12.6. The van der Waals surface area contributed by atoms with Gasteiger partial charge in [-0.2, -0.15) is 5.10 Å². The molecule has 2 atom stereocenters. The zero-order valence-corrected chi connectivity index (χ0v) is 12.6.